The maximum Gasteiger partial charge on any atom is 0.338 e. The minimum atomic E-state index is -1.51. The van der Waals surface area contributed by atoms with Gasteiger partial charge in [0.15, 0.2) is 6.17 Å². The van der Waals surface area contributed by atoms with Crippen LogP contribution in [0.15, 0.2) is 24.3 Å². The Labute approximate surface area is 103 Å². The predicted octanol–water partition coefficient (Wildman–Crippen LogP) is 1.92. The van der Waals surface area contributed by atoms with Crippen molar-refractivity contribution in [3.05, 3.63) is 35.4 Å². The maximum atomic E-state index is 13.4. The Hall–Kier alpha value is -1.07. The molecule has 1 aromatic carbocycles. The molecular weight excluding hydrogens is 243 g/mol. The summed E-state index contributed by atoms with van der Waals surface area (Å²) in [6, 6.07) is 6.87. The molecule has 92 valence electrons. The fourth-order valence-corrected chi connectivity index (χ4v) is 2.55. The second kappa shape index (κ2) is 5.06. The molecule has 1 fully saturated rings. The van der Waals surface area contributed by atoms with Gasteiger partial charge in [0, 0.05) is 5.75 Å². The van der Waals surface area contributed by atoms with Gasteiger partial charge in [-0.1, -0.05) is 17.7 Å². The lowest BCUT2D eigenvalue weighted by molar-refractivity contribution is 0.00294. The summed E-state index contributed by atoms with van der Waals surface area (Å²) >= 11 is 1.06. The normalized spacial score (nSPS) is 28.1. The van der Waals surface area contributed by atoms with Crippen LogP contribution in [0, 0.1) is 6.92 Å². The number of hydrogen-bond acceptors (Lipinski definition) is 4. The molecule has 0 aromatic heterocycles. The number of carbonyl (C=O) groups is 1. The van der Waals surface area contributed by atoms with Gasteiger partial charge in [0.05, 0.1) is 5.56 Å². The van der Waals surface area contributed by atoms with Crippen LogP contribution in [0.25, 0.3) is 0 Å². The van der Waals surface area contributed by atoms with E-state index in [9.17, 15) is 14.3 Å². The SMILES string of the molecule is Cc1ccc(C(=O)OC2CSC(O)C2F)cc1. The molecule has 0 radical (unpaired) electrons. The van der Waals surface area contributed by atoms with E-state index in [0.29, 0.717) is 11.3 Å². The number of aryl methyl sites for hydroxylation is 1. The Balaban J connectivity index is 2.00. The van der Waals surface area contributed by atoms with Gasteiger partial charge >= 0.3 is 5.97 Å². The minimum absolute atomic E-state index is 0.292. The van der Waals surface area contributed by atoms with Gasteiger partial charge in [-0.2, -0.15) is 0 Å². The van der Waals surface area contributed by atoms with E-state index in [2.05, 4.69) is 0 Å². The zero-order valence-electron chi connectivity index (χ0n) is 9.30. The smallest absolute Gasteiger partial charge is 0.338 e. The molecule has 0 saturated carbocycles. The van der Waals surface area contributed by atoms with Gasteiger partial charge in [-0.15, -0.1) is 11.8 Å². The second-order valence-electron chi connectivity index (χ2n) is 3.98. The Kier molecular flexibility index (Phi) is 3.69. The fraction of sp³-hybridized carbons (Fsp3) is 0.417. The van der Waals surface area contributed by atoms with E-state index in [4.69, 9.17) is 4.74 Å². The molecular formula is C12H13FO3S. The summed E-state index contributed by atoms with van der Waals surface area (Å²) in [7, 11) is 0. The van der Waals surface area contributed by atoms with Gasteiger partial charge in [0.1, 0.15) is 11.5 Å². The predicted molar refractivity (Wildman–Crippen MR) is 63.7 cm³/mol. The molecule has 1 aromatic rings. The summed E-state index contributed by atoms with van der Waals surface area (Å²) in [5.41, 5.74) is 0.344. The molecule has 1 saturated heterocycles. The number of rotatable bonds is 2. The number of halogens is 1. The Morgan fingerprint density at radius 3 is 2.65 bits per heavy atom. The largest absolute Gasteiger partial charge is 0.455 e. The van der Waals surface area contributed by atoms with Gasteiger partial charge < -0.3 is 9.84 Å². The average Bonchev–Trinajstić information content (AvgIpc) is 2.62. The summed E-state index contributed by atoms with van der Waals surface area (Å²) < 4.78 is 18.4. The number of aliphatic hydroxyl groups is 1. The molecule has 5 heteroatoms. The lowest BCUT2D eigenvalue weighted by atomic mass is 10.1. The van der Waals surface area contributed by atoms with Gasteiger partial charge in [-0.25, -0.2) is 9.18 Å². The first-order chi connectivity index (χ1) is 8.08. The second-order valence-corrected chi connectivity index (χ2v) is 5.13. The monoisotopic (exact) mass is 256 g/mol. The van der Waals surface area contributed by atoms with Crippen LogP contribution in [-0.2, 0) is 4.74 Å². The van der Waals surface area contributed by atoms with Crippen molar-refractivity contribution >= 4 is 17.7 Å². The molecule has 1 N–H and O–H groups in total. The van der Waals surface area contributed by atoms with Crippen LogP contribution in [0.2, 0.25) is 0 Å². The number of esters is 1. The number of ether oxygens (including phenoxy) is 1. The van der Waals surface area contributed by atoms with Crippen LogP contribution in [0.3, 0.4) is 0 Å². The molecule has 3 atom stereocenters. The molecule has 0 amide bonds. The van der Waals surface area contributed by atoms with Crippen molar-refractivity contribution in [1.82, 2.24) is 0 Å². The maximum absolute atomic E-state index is 13.4. The molecule has 17 heavy (non-hydrogen) atoms. The molecule has 1 aliphatic rings. The first-order valence-electron chi connectivity index (χ1n) is 5.29. The van der Waals surface area contributed by atoms with Gasteiger partial charge in [-0.3, -0.25) is 0 Å². The number of aliphatic hydroxyl groups excluding tert-OH is 1. The molecule has 2 rings (SSSR count). The van der Waals surface area contributed by atoms with Crippen molar-refractivity contribution in [2.24, 2.45) is 0 Å². The lowest BCUT2D eigenvalue weighted by Crippen LogP contribution is -2.30. The van der Waals surface area contributed by atoms with Crippen molar-refractivity contribution in [1.29, 1.82) is 0 Å². The van der Waals surface area contributed by atoms with Crippen LogP contribution in [0.5, 0.6) is 0 Å². The zero-order chi connectivity index (χ0) is 12.4. The number of benzene rings is 1. The number of carbonyl (C=O) groups excluding carboxylic acids is 1. The highest BCUT2D eigenvalue weighted by molar-refractivity contribution is 8.00. The third-order valence-electron chi connectivity index (χ3n) is 2.60. The highest BCUT2D eigenvalue weighted by Crippen LogP contribution is 2.30. The minimum Gasteiger partial charge on any atom is -0.455 e. The number of thioether (sulfide) groups is 1. The number of alkyl halides is 1. The average molecular weight is 256 g/mol. The van der Waals surface area contributed by atoms with Crippen molar-refractivity contribution in [3.63, 3.8) is 0 Å². The van der Waals surface area contributed by atoms with Crippen LogP contribution >= 0.6 is 11.8 Å². The van der Waals surface area contributed by atoms with Gasteiger partial charge in [0.2, 0.25) is 0 Å². The Morgan fingerprint density at radius 1 is 1.47 bits per heavy atom. The van der Waals surface area contributed by atoms with Crippen molar-refractivity contribution < 1.29 is 19.0 Å². The summed E-state index contributed by atoms with van der Waals surface area (Å²) in [5.74, 6) is -0.257. The fourth-order valence-electron chi connectivity index (χ4n) is 1.56. The molecule has 0 spiro atoms. The first-order valence-corrected chi connectivity index (χ1v) is 6.34. The zero-order valence-corrected chi connectivity index (χ0v) is 10.1. The first kappa shape index (κ1) is 12.4. The van der Waals surface area contributed by atoms with Gasteiger partial charge in [0.25, 0.3) is 0 Å². The van der Waals surface area contributed by atoms with Crippen molar-refractivity contribution in [2.45, 2.75) is 24.6 Å². The third kappa shape index (κ3) is 2.79. The molecule has 1 heterocycles. The van der Waals surface area contributed by atoms with Crippen molar-refractivity contribution in [2.75, 3.05) is 5.75 Å². The number of hydrogen-bond donors (Lipinski definition) is 1. The summed E-state index contributed by atoms with van der Waals surface area (Å²) in [6.07, 6.45) is -2.36. The highest BCUT2D eigenvalue weighted by Gasteiger charge is 2.38. The van der Waals surface area contributed by atoms with Crippen LogP contribution in [0.4, 0.5) is 4.39 Å². The Morgan fingerprint density at radius 2 is 2.12 bits per heavy atom. The van der Waals surface area contributed by atoms with Crippen molar-refractivity contribution in [3.8, 4) is 0 Å². The van der Waals surface area contributed by atoms with E-state index in [1.54, 1.807) is 24.3 Å². The van der Waals surface area contributed by atoms with E-state index in [1.807, 2.05) is 6.92 Å². The summed E-state index contributed by atoms with van der Waals surface area (Å²) in [5, 5.41) is 9.18. The van der Waals surface area contributed by atoms with E-state index in [0.717, 1.165) is 17.3 Å². The van der Waals surface area contributed by atoms with E-state index in [1.165, 1.54) is 0 Å². The van der Waals surface area contributed by atoms with Crippen LogP contribution < -0.4 is 0 Å². The summed E-state index contributed by atoms with van der Waals surface area (Å²) in [6.45, 7) is 1.91. The van der Waals surface area contributed by atoms with E-state index < -0.39 is 23.7 Å². The molecule has 3 unspecified atom stereocenters. The molecule has 3 nitrogen and oxygen atoms in total. The van der Waals surface area contributed by atoms with Gasteiger partial charge in [-0.05, 0) is 19.1 Å². The van der Waals surface area contributed by atoms with Crippen LogP contribution in [-0.4, -0.2) is 34.5 Å². The lowest BCUT2D eigenvalue weighted by Gasteiger charge is -2.14. The van der Waals surface area contributed by atoms with E-state index in [-0.39, 0.29) is 0 Å². The topological polar surface area (TPSA) is 46.5 Å². The standard InChI is InChI=1S/C12H13FO3S/c1-7-2-4-8(5-3-7)11(14)16-9-6-17-12(15)10(9)13/h2-5,9-10,12,15H,6H2,1H3. The quantitative estimate of drug-likeness (QED) is 0.821. The van der Waals surface area contributed by atoms with E-state index >= 15 is 0 Å². The summed E-state index contributed by atoms with van der Waals surface area (Å²) in [4.78, 5) is 11.7. The third-order valence-corrected chi connectivity index (χ3v) is 3.73. The molecule has 0 aliphatic carbocycles. The highest BCUT2D eigenvalue weighted by atomic mass is 32.2. The molecule has 1 aliphatic heterocycles. The molecule has 0 bridgehead atoms. The van der Waals surface area contributed by atoms with Crippen LogP contribution in [0.1, 0.15) is 15.9 Å². The Bertz CT molecular complexity index is 407.